The maximum absolute atomic E-state index is 5.80. The van der Waals surface area contributed by atoms with Crippen LogP contribution < -0.4 is 15.4 Å². The van der Waals surface area contributed by atoms with E-state index >= 15 is 0 Å². The zero-order valence-corrected chi connectivity index (χ0v) is 9.94. The van der Waals surface area contributed by atoms with Crippen molar-refractivity contribution in [1.82, 2.24) is 4.98 Å². The standard InChI is InChI=1S/C12H19N3O/c1-3-16-12-10(13)4-5-11(14-12)15-7-6-9(2)8-15/h4-5,9H,3,6-8,13H2,1-2H3. The number of hydrogen-bond donors (Lipinski definition) is 1. The van der Waals surface area contributed by atoms with E-state index in [1.807, 2.05) is 19.1 Å². The smallest absolute Gasteiger partial charge is 0.239 e. The molecule has 4 nitrogen and oxygen atoms in total. The van der Waals surface area contributed by atoms with E-state index in [0.29, 0.717) is 18.2 Å². The average molecular weight is 221 g/mol. The summed E-state index contributed by atoms with van der Waals surface area (Å²) in [6.07, 6.45) is 1.23. The molecule has 0 amide bonds. The molecule has 2 rings (SSSR count). The van der Waals surface area contributed by atoms with Crippen molar-refractivity contribution >= 4 is 11.5 Å². The van der Waals surface area contributed by atoms with E-state index in [9.17, 15) is 0 Å². The minimum atomic E-state index is 0.555. The van der Waals surface area contributed by atoms with Crippen molar-refractivity contribution in [1.29, 1.82) is 0 Å². The summed E-state index contributed by atoms with van der Waals surface area (Å²) in [6.45, 7) is 6.94. The molecule has 88 valence electrons. The highest BCUT2D eigenvalue weighted by molar-refractivity contribution is 5.54. The second-order valence-corrected chi connectivity index (χ2v) is 4.34. The molecule has 0 spiro atoms. The van der Waals surface area contributed by atoms with Crippen molar-refractivity contribution in [3.8, 4) is 5.88 Å². The van der Waals surface area contributed by atoms with Gasteiger partial charge in [0.2, 0.25) is 5.88 Å². The Bertz CT molecular complexity index is 367. The number of hydrogen-bond acceptors (Lipinski definition) is 4. The molecule has 0 radical (unpaired) electrons. The Morgan fingerprint density at radius 2 is 2.38 bits per heavy atom. The molecule has 1 aromatic rings. The fourth-order valence-corrected chi connectivity index (χ4v) is 2.01. The summed E-state index contributed by atoms with van der Waals surface area (Å²) >= 11 is 0. The fourth-order valence-electron chi connectivity index (χ4n) is 2.01. The molecule has 2 heterocycles. The van der Waals surface area contributed by atoms with Crippen LogP contribution in [0.3, 0.4) is 0 Å². The highest BCUT2D eigenvalue weighted by Crippen LogP contribution is 2.26. The summed E-state index contributed by atoms with van der Waals surface area (Å²) in [5.74, 6) is 2.27. The fraction of sp³-hybridized carbons (Fsp3) is 0.583. The minimum Gasteiger partial charge on any atom is -0.476 e. The summed E-state index contributed by atoms with van der Waals surface area (Å²) in [6, 6.07) is 3.84. The Morgan fingerprint density at radius 3 is 3.00 bits per heavy atom. The zero-order chi connectivity index (χ0) is 11.5. The van der Waals surface area contributed by atoms with Gasteiger partial charge in [0.05, 0.1) is 12.3 Å². The lowest BCUT2D eigenvalue weighted by Crippen LogP contribution is -2.20. The molecule has 16 heavy (non-hydrogen) atoms. The Morgan fingerprint density at radius 1 is 1.56 bits per heavy atom. The number of ether oxygens (including phenoxy) is 1. The highest BCUT2D eigenvalue weighted by atomic mass is 16.5. The van der Waals surface area contributed by atoms with Crippen LogP contribution in [0.4, 0.5) is 11.5 Å². The number of aromatic nitrogens is 1. The van der Waals surface area contributed by atoms with Crippen LogP contribution in [0, 0.1) is 5.92 Å². The minimum absolute atomic E-state index is 0.555. The largest absolute Gasteiger partial charge is 0.476 e. The van der Waals surface area contributed by atoms with Crippen LogP contribution in [0.15, 0.2) is 12.1 Å². The molecule has 0 aromatic carbocycles. The molecule has 4 heteroatoms. The quantitative estimate of drug-likeness (QED) is 0.847. The van der Waals surface area contributed by atoms with Gasteiger partial charge in [-0.25, -0.2) is 0 Å². The molecule has 1 aliphatic heterocycles. The first kappa shape index (κ1) is 11.0. The van der Waals surface area contributed by atoms with E-state index in [1.165, 1.54) is 6.42 Å². The van der Waals surface area contributed by atoms with Crippen LogP contribution in [0.25, 0.3) is 0 Å². The average Bonchev–Trinajstić information content (AvgIpc) is 2.69. The molecular weight excluding hydrogens is 202 g/mol. The van der Waals surface area contributed by atoms with Gasteiger partial charge in [-0.15, -0.1) is 0 Å². The lowest BCUT2D eigenvalue weighted by atomic mass is 10.2. The van der Waals surface area contributed by atoms with Gasteiger partial charge >= 0.3 is 0 Å². The second-order valence-electron chi connectivity index (χ2n) is 4.34. The molecular formula is C12H19N3O. The van der Waals surface area contributed by atoms with E-state index in [4.69, 9.17) is 10.5 Å². The van der Waals surface area contributed by atoms with Crippen molar-refractivity contribution in [3.63, 3.8) is 0 Å². The Hall–Kier alpha value is -1.45. The van der Waals surface area contributed by atoms with Crippen LogP contribution in [0.5, 0.6) is 5.88 Å². The molecule has 1 aromatic heterocycles. The number of rotatable bonds is 3. The maximum atomic E-state index is 5.80. The van der Waals surface area contributed by atoms with Crippen molar-refractivity contribution in [2.45, 2.75) is 20.3 Å². The molecule has 0 saturated carbocycles. The van der Waals surface area contributed by atoms with E-state index in [-0.39, 0.29) is 0 Å². The van der Waals surface area contributed by atoms with Crippen LogP contribution in [-0.2, 0) is 0 Å². The zero-order valence-electron chi connectivity index (χ0n) is 9.94. The van der Waals surface area contributed by atoms with Crippen molar-refractivity contribution < 1.29 is 4.74 Å². The number of nitrogen functional groups attached to an aromatic ring is 1. The monoisotopic (exact) mass is 221 g/mol. The van der Waals surface area contributed by atoms with Crippen LogP contribution in [0.2, 0.25) is 0 Å². The van der Waals surface area contributed by atoms with E-state index in [2.05, 4.69) is 16.8 Å². The molecule has 1 aliphatic rings. The van der Waals surface area contributed by atoms with Gasteiger partial charge in [0.25, 0.3) is 0 Å². The van der Waals surface area contributed by atoms with E-state index < -0.39 is 0 Å². The Kier molecular flexibility index (Phi) is 3.17. The predicted molar refractivity (Wildman–Crippen MR) is 65.8 cm³/mol. The van der Waals surface area contributed by atoms with Crippen LogP contribution in [0.1, 0.15) is 20.3 Å². The third kappa shape index (κ3) is 2.21. The summed E-state index contributed by atoms with van der Waals surface area (Å²) in [4.78, 5) is 6.74. The first-order valence-electron chi connectivity index (χ1n) is 5.85. The summed E-state index contributed by atoms with van der Waals surface area (Å²) in [5, 5.41) is 0. The van der Waals surface area contributed by atoms with Gasteiger partial charge in [0.1, 0.15) is 5.82 Å². The first-order valence-corrected chi connectivity index (χ1v) is 5.85. The molecule has 1 unspecified atom stereocenters. The maximum Gasteiger partial charge on any atom is 0.239 e. The number of nitrogens with zero attached hydrogens (tertiary/aromatic N) is 2. The summed E-state index contributed by atoms with van der Waals surface area (Å²) in [7, 11) is 0. The van der Waals surface area contributed by atoms with Gasteiger partial charge in [-0.2, -0.15) is 4.98 Å². The third-order valence-corrected chi connectivity index (χ3v) is 2.90. The van der Waals surface area contributed by atoms with Crippen molar-refractivity contribution in [3.05, 3.63) is 12.1 Å². The molecule has 1 saturated heterocycles. The lowest BCUT2D eigenvalue weighted by molar-refractivity contribution is 0.329. The van der Waals surface area contributed by atoms with Gasteiger partial charge < -0.3 is 15.4 Å². The summed E-state index contributed by atoms with van der Waals surface area (Å²) < 4.78 is 5.40. The predicted octanol–water partition coefficient (Wildman–Crippen LogP) is 1.91. The van der Waals surface area contributed by atoms with Gasteiger partial charge in [-0.05, 0) is 31.4 Å². The SMILES string of the molecule is CCOc1nc(N2CCC(C)C2)ccc1N. The van der Waals surface area contributed by atoms with Crippen LogP contribution in [-0.4, -0.2) is 24.7 Å². The van der Waals surface area contributed by atoms with E-state index in [1.54, 1.807) is 0 Å². The van der Waals surface area contributed by atoms with Gasteiger partial charge in [0, 0.05) is 13.1 Å². The van der Waals surface area contributed by atoms with Crippen molar-refractivity contribution in [2.75, 3.05) is 30.3 Å². The number of pyridine rings is 1. The van der Waals surface area contributed by atoms with Gasteiger partial charge in [0.15, 0.2) is 0 Å². The van der Waals surface area contributed by atoms with Gasteiger partial charge in [-0.1, -0.05) is 6.92 Å². The van der Waals surface area contributed by atoms with Crippen molar-refractivity contribution in [2.24, 2.45) is 5.92 Å². The number of anilines is 2. The molecule has 0 aliphatic carbocycles. The van der Waals surface area contributed by atoms with E-state index in [0.717, 1.165) is 24.8 Å². The molecule has 1 fully saturated rings. The topological polar surface area (TPSA) is 51.4 Å². The Balaban J connectivity index is 2.18. The number of nitrogens with two attached hydrogens (primary N) is 1. The molecule has 0 bridgehead atoms. The second kappa shape index (κ2) is 4.60. The highest BCUT2D eigenvalue weighted by Gasteiger charge is 2.20. The van der Waals surface area contributed by atoms with Crippen LogP contribution >= 0.6 is 0 Å². The summed E-state index contributed by atoms with van der Waals surface area (Å²) in [5.41, 5.74) is 6.40. The normalized spacial score (nSPS) is 20.1. The lowest BCUT2D eigenvalue weighted by Gasteiger charge is -2.18. The van der Waals surface area contributed by atoms with Gasteiger partial charge in [-0.3, -0.25) is 0 Å². The molecule has 1 atom stereocenters. The Labute approximate surface area is 96.4 Å². The molecule has 2 N–H and O–H groups in total. The third-order valence-electron chi connectivity index (χ3n) is 2.90. The first-order chi connectivity index (χ1) is 7.70.